The van der Waals surface area contributed by atoms with Gasteiger partial charge in [0.15, 0.2) is 0 Å². The molecule has 0 saturated carbocycles. The molecule has 0 radical (unpaired) electrons. The van der Waals surface area contributed by atoms with E-state index in [2.05, 4.69) is 18.9 Å². The molecule has 0 fully saturated rings. The molecular weight excluding hydrogens is 292 g/mol. The van der Waals surface area contributed by atoms with Crippen molar-refractivity contribution in [1.29, 1.82) is 0 Å². The van der Waals surface area contributed by atoms with E-state index >= 15 is 0 Å². The second kappa shape index (κ2) is 4.34. The van der Waals surface area contributed by atoms with E-state index in [1.54, 1.807) is 30.3 Å². The third-order valence-corrected chi connectivity index (χ3v) is 4.83. The van der Waals surface area contributed by atoms with E-state index in [1.165, 1.54) is 0 Å². The highest BCUT2D eigenvalue weighted by molar-refractivity contribution is 6.13. The maximum absolute atomic E-state index is 11.4. The van der Waals surface area contributed by atoms with E-state index in [1.807, 2.05) is 12.1 Å². The van der Waals surface area contributed by atoms with Gasteiger partial charge in [0.2, 0.25) is 5.60 Å². The third kappa shape index (κ3) is 1.51. The molecule has 5 heteroatoms. The predicted molar refractivity (Wildman–Crippen MR) is 86.1 cm³/mol. The van der Waals surface area contributed by atoms with E-state index < -0.39 is 11.4 Å². The lowest BCUT2D eigenvalue weighted by molar-refractivity contribution is -0.219. The molecule has 1 aliphatic heterocycles. The number of fused-ring (bicyclic) bond motifs is 5. The Morgan fingerprint density at radius 1 is 1.09 bits per heavy atom. The molecule has 0 bridgehead atoms. The Hall–Kier alpha value is -2.37. The number of hydrogen-bond acceptors (Lipinski definition) is 5. The van der Waals surface area contributed by atoms with Crippen molar-refractivity contribution in [1.82, 2.24) is 0 Å². The van der Waals surface area contributed by atoms with Gasteiger partial charge >= 0.3 is 0 Å². The van der Waals surface area contributed by atoms with Crippen LogP contribution in [-0.4, -0.2) is 15.9 Å². The van der Waals surface area contributed by atoms with Crippen LogP contribution in [0.4, 0.5) is 0 Å². The lowest BCUT2D eigenvalue weighted by atomic mass is 9.85. The third-order valence-electron chi connectivity index (χ3n) is 4.83. The zero-order chi connectivity index (χ0) is 16.4. The summed E-state index contributed by atoms with van der Waals surface area (Å²) in [6, 6.07) is 12.6. The monoisotopic (exact) mass is 310 g/mol. The predicted octanol–water partition coefficient (Wildman–Crippen LogP) is 1.91. The number of aliphatic hydroxyl groups is 2. The number of hydrogen-bond donors (Lipinski definition) is 3. The Balaban J connectivity index is 2.00. The van der Waals surface area contributed by atoms with Crippen molar-refractivity contribution in [2.75, 3.05) is 0 Å². The van der Waals surface area contributed by atoms with E-state index in [0.29, 0.717) is 28.4 Å². The van der Waals surface area contributed by atoms with Crippen molar-refractivity contribution in [2.24, 2.45) is 10.9 Å². The average molecular weight is 310 g/mol. The zero-order valence-electron chi connectivity index (χ0n) is 12.9. The molecule has 1 aliphatic carbocycles. The molecule has 0 spiro atoms. The summed E-state index contributed by atoms with van der Waals surface area (Å²) in [6.07, 6.45) is 0. The second-order valence-electron chi connectivity index (χ2n) is 6.39. The van der Waals surface area contributed by atoms with Crippen molar-refractivity contribution < 1.29 is 14.9 Å². The molecule has 2 unspecified atom stereocenters. The number of ether oxygens (including phenoxy) is 1. The molecule has 0 saturated heterocycles. The SMILES string of the molecule is CC(C)c1ccc2c(c1)OC1(O)c3ccccc3C(=NN)C21O. The number of hydrazone groups is 1. The van der Waals surface area contributed by atoms with E-state index in [4.69, 9.17) is 10.6 Å². The first-order valence-corrected chi connectivity index (χ1v) is 7.60. The van der Waals surface area contributed by atoms with Crippen LogP contribution in [0.15, 0.2) is 47.6 Å². The molecule has 4 N–H and O–H groups in total. The van der Waals surface area contributed by atoms with Crippen LogP contribution in [0.3, 0.4) is 0 Å². The van der Waals surface area contributed by atoms with Gasteiger partial charge in [-0.05, 0) is 17.5 Å². The highest BCUT2D eigenvalue weighted by Crippen LogP contribution is 2.58. The molecule has 2 aromatic rings. The Kier molecular flexibility index (Phi) is 2.69. The largest absolute Gasteiger partial charge is 0.454 e. The molecule has 4 rings (SSSR count). The summed E-state index contributed by atoms with van der Waals surface area (Å²) in [5.74, 6) is 4.39. The lowest BCUT2D eigenvalue weighted by Gasteiger charge is -2.30. The summed E-state index contributed by atoms with van der Waals surface area (Å²) < 4.78 is 5.84. The Labute approximate surface area is 134 Å². The molecule has 5 nitrogen and oxygen atoms in total. The van der Waals surface area contributed by atoms with Crippen LogP contribution >= 0.6 is 0 Å². The van der Waals surface area contributed by atoms with Gasteiger partial charge in [0.1, 0.15) is 11.5 Å². The standard InChI is InChI=1S/C18H18N2O3/c1-10(2)11-7-8-14-15(9-11)23-18(22)13-6-4-3-5-12(13)16(20-19)17(14,18)21/h3-10,21-22H,19H2,1-2H3. The minimum Gasteiger partial charge on any atom is -0.454 e. The van der Waals surface area contributed by atoms with Crippen LogP contribution in [-0.2, 0) is 11.4 Å². The molecule has 1 heterocycles. The van der Waals surface area contributed by atoms with Crippen LogP contribution in [0.5, 0.6) is 5.75 Å². The van der Waals surface area contributed by atoms with Crippen LogP contribution in [0, 0.1) is 0 Å². The fourth-order valence-electron chi connectivity index (χ4n) is 3.58. The van der Waals surface area contributed by atoms with Crippen molar-refractivity contribution in [3.05, 3.63) is 64.7 Å². The summed E-state index contributed by atoms with van der Waals surface area (Å²) in [4.78, 5) is 0. The highest BCUT2D eigenvalue weighted by Gasteiger charge is 2.69. The average Bonchev–Trinajstić information content (AvgIpc) is 2.87. The number of nitrogens with two attached hydrogens (primary N) is 1. The Morgan fingerprint density at radius 3 is 2.52 bits per heavy atom. The van der Waals surface area contributed by atoms with Gasteiger partial charge in [-0.15, -0.1) is 0 Å². The first-order valence-electron chi connectivity index (χ1n) is 7.60. The van der Waals surface area contributed by atoms with Crippen molar-refractivity contribution in [2.45, 2.75) is 31.2 Å². The smallest absolute Gasteiger partial charge is 0.275 e. The number of nitrogens with zero attached hydrogens (tertiary/aromatic N) is 1. The van der Waals surface area contributed by atoms with E-state index in [0.717, 1.165) is 5.56 Å². The summed E-state index contributed by atoms with van der Waals surface area (Å²) in [6.45, 7) is 4.14. The van der Waals surface area contributed by atoms with Gasteiger partial charge in [-0.2, -0.15) is 5.10 Å². The summed E-state index contributed by atoms with van der Waals surface area (Å²) in [5.41, 5.74) is 1.01. The molecule has 2 atom stereocenters. The van der Waals surface area contributed by atoms with Gasteiger partial charge < -0.3 is 20.8 Å². The summed E-state index contributed by atoms with van der Waals surface area (Å²) in [5, 5.41) is 26.3. The lowest BCUT2D eigenvalue weighted by Crippen LogP contribution is -2.49. The van der Waals surface area contributed by atoms with Gasteiger partial charge in [0.05, 0.1) is 0 Å². The molecule has 0 amide bonds. The number of benzene rings is 2. The quantitative estimate of drug-likeness (QED) is 0.554. The molecule has 2 aromatic carbocycles. The molecule has 23 heavy (non-hydrogen) atoms. The van der Waals surface area contributed by atoms with Gasteiger partial charge in [-0.1, -0.05) is 50.2 Å². The Bertz CT molecular complexity index is 846. The zero-order valence-corrected chi connectivity index (χ0v) is 12.9. The topological polar surface area (TPSA) is 88.1 Å². The highest BCUT2D eigenvalue weighted by atomic mass is 16.7. The van der Waals surface area contributed by atoms with Crippen LogP contribution in [0.2, 0.25) is 0 Å². The van der Waals surface area contributed by atoms with E-state index in [-0.39, 0.29) is 5.71 Å². The summed E-state index contributed by atoms with van der Waals surface area (Å²) >= 11 is 0. The van der Waals surface area contributed by atoms with Crippen molar-refractivity contribution in [3.8, 4) is 5.75 Å². The molecule has 2 aliphatic rings. The first kappa shape index (κ1) is 14.2. The number of rotatable bonds is 1. The van der Waals surface area contributed by atoms with E-state index in [9.17, 15) is 10.2 Å². The van der Waals surface area contributed by atoms with Gasteiger partial charge in [0, 0.05) is 16.7 Å². The fraction of sp³-hybridized carbons (Fsp3) is 0.278. The van der Waals surface area contributed by atoms with Crippen molar-refractivity contribution in [3.63, 3.8) is 0 Å². The normalized spacial score (nSPS) is 29.3. The fourth-order valence-corrected chi connectivity index (χ4v) is 3.58. The maximum atomic E-state index is 11.4. The van der Waals surface area contributed by atoms with Gasteiger partial charge in [-0.3, -0.25) is 0 Å². The molecular formula is C18H18N2O3. The van der Waals surface area contributed by atoms with Gasteiger partial charge in [0.25, 0.3) is 5.79 Å². The summed E-state index contributed by atoms with van der Waals surface area (Å²) in [7, 11) is 0. The molecule has 0 aromatic heterocycles. The van der Waals surface area contributed by atoms with Crippen LogP contribution in [0.1, 0.15) is 42.0 Å². The van der Waals surface area contributed by atoms with Crippen LogP contribution in [0.25, 0.3) is 0 Å². The Morgan fingerprint density at radius 2 is 1.83 bits per heavy atom. The first-order chi connectivity index (χ1) is 10.9. The molecule has 118 valence electrons. The van der Waals surface area contributed by atoms with Crippen LogP contribution < -0.4 is 10.6 Å². The van der Waals surface area contributed by atoms with Gasteiger partial charge in [-0.25, -0.2) is 0 Å². The second-order valence-corrected chi connectivity index (χ2v) is 6.39. The van der Waals surface area contributed by atoms with Crippen molar-refractivity contribution >= 4 is 5.71 Å². The minimum absolute atomic E-state index is 0.214. The minimum atomic E-state index is -1.92. The maximum Gasteiger partial charge on any atom is 0.275 e.